The Hall–Kier alpha value is -2.39. The molecule has 1 saturated heterocycles. The number of fused-ring (bicyclic) bond motifs is 2. The number of hydrogen-bond acceptors (Lipinski definition) is 3. The Morgan fingerprint density at radius 2 is 1.32 bits per heavy atom. The molecule has 0 radical (unpaired) electrons. The lowest BCUT2D eigenvalue weighted by Crippen LogP contribution is -2.46. The monoisotopic (exact) mass is 405 g/mol. The molecule has 150 valence electrons. The van der Waals surface area contributed by atoms with Crippen LogP contribution in [0, 0.1) is 23.7 Å². The van der Waals surface area contributed by atoms with Gasteiger partial charge >= 0.3 is 12.4 Å². The van der Waals surface area contributed by atoms with Gasteiger partial charge in [-0.15, -0.1) is 0 Å². The van der Waals surface area contributed by atoms with Crippen molar-refractivity contribution < 1.29 is 40.7 Å². The van der Waals surface area contributed by atoms with Crippen molar-refractivity contribution in [3.05, 3.63) is 29.3 Å². The maximum atomic E-state index is 13.1. The fourth-order valence-electron chi connectivity index (χ4n) is 4.71. The molecule has 0 spiro atoms. The molecule has 0 aromatic heterocycles. The van der Waals surface area contributed by atoms with E-state index < -0.39 is 64.7 Å². The van der Waals surface area contributed by atoms with Gasteiger partial charge in [0.2, 0.25) is 11.8 Å². The van der Waals surface area contributed by atoms with Crippen molar-refractivity contribution in [3.8, 4) is 0 Å². The zero-order chi connectivity index (χ0) is 20.6. The molecule has 5 rings (SSSR count). The number of alkyl halides is 6. The molecule has 1 heterocycles. The van der Waals surface area contributed by atoms with Crippen LogP contribution in [0.25, 0.3) is 0 Å². The van der Waals surface area contributed by atoms with Gasteiger partial charge in [0, 0.05) is 12.3 Å². The molecule has 0 unspecified atom stereocenters. The first kappa shape index (κ1) is 18.9. The molecule has 4 fully saturated rings. The number of carbonyl (C=O) groups is 3. The second-order valence-electron chi connectivity index (χ2n) is 7.44. The van der Waals surface area contributed by atoms with Crippen molar-refractivity contribution in [2.24, 2.45) is 23.7 Å². The van der Waals surface area contributed by atoms with Gasteiger partial charge in [-0.1, -0.05) is 0 Å². The van der Waals surface area contributed by atoms with Crippen LogP contribution in [0.5, 0.6) is 0 Å². The highest BCUT2D eigenvalue weighted by molar-refractivity contribution is 6.23. The molecule has 1 aromatic carbocycles. The molecule has 3 saturated carbocycles. The number of ketones is 1. The Balaban J connectivity index is 1.82. The van der Waals surface area contributed by atoms with Crippen LogP contribution in [0.4, 0.5) is 32.0 Å². The summed E-state index contributed by atoms with van der Waals surface area (Å²) < 4.78 is 78.6. The highest BCUT2D eigenvalue weighted by Crippen LogP contribution is 2.52. The van der Waals surface area contributed by atoms with Crippen molar-refractivity contribution in [1.82, 2.24) is 0 Å². The molecule has 4 atom stereocenters. The summed E-state index contributed by atoms with van der Waals surface area (Å²) in [5.41, 5.74) is -3.97. The van der Waals surface area contributed by atoms with Gasteiger partial charge in [-0.3, -0.25) is 14.4 Å². The van der Waals surface area contributed by atoms with E-state index in [2.05, 4.69) is 0 Å². The first-order valence-corrected chi connectivity index (χ1v) is 8.59. The number of hydrogen-bond donors (Lipinski definition) is 0. The van der Waals surface area contributed by atoms with Crippen molar-refractivity contribution >= 4 is 23.3 Å². The van der Waals surface area contributed by atoms with Gasteiger partial charge in [-0.25, -0.2) is 4.90 Å². The summed E-state index contributed by atoms with van der Waals surface area (Å²) in [7, 11) is 0. The quantitative estimate of drug-likeness (QED) is 0.527. The molecule has 2 amide bonds. The first-order valence-electron chi connectivity index (χ1n) is 8.59. The van der Waals surface area contributed by atoms with E-state index in [1.165, 1.54) is 0 Å². The average molecular weight is 405 g/mol. The van der Waals surface area contributed by atoms with Crippen LogP contribution in [-0.4, -0.2) is 17.6 Å². The number of amides is 2. The van der Waals surface area contributed by atoms with Gasteiger partial charge in [-0.05, 0) is 37.0 Å². The summed E-state index contributed by atoms with van der Waals surface area (Å²) in [6.45, 7) is 0. The third kappa shape index (κ3) is 2.72. The van der Waals surface area contributed by atoms with Gasteiger partial charge < -0.3 is 0 Å². The number of carbonyl (C=O) groups excluding carboxylic acids is 3. The second-order valence-corrected chi connectivity index (χ2v) is 7.44. The molecule has 2 bridgehead atoms. The summed E-state index contributed by atoms with van der Waals surface area (Å²) in [6.07, 6.45) is -9.16. The molecule has 4 aliphatic rings. The van der Waals surface area contributed by atoms with Gasteiger partial charge in [0.25, 0.3) is 0 Å². The molecular weight excluding hydrogens is 392 g/mol. The summed E-state index contributed by atoms with van der Waals surface area (Å²) in [6, 6.07) is 0.674. The standard InChI is InChI=1S/C18H13F6NO3/c19-17(20,21)8-4-9(18(22,23)24)6-10(5-8)25-15(27)13-7-1-2-11(12(26)3-7)14(13)16(25)28/h4-7,11,13-14H,1-3H2/t7-,11+,13+,14-/m1/s1. The lowest BCUT2D eigenvalue weighted by molar-refractivity contribution is -0.144. The summed E-state index contributed by atoms with van der Waals surface area (Å²) in [4.78, 5) is 38.1. The maximum absolute atomic E-state index is 13.1. The van der Waals surface area contributed by atoms with Crippen molar-refractivity contribution in [2.45, 2.75) is 31.6 Å². The van der Waals surface area contributed by atoms with E-state index in [4.69, 9.17) is 0 Å². The third-order valence-corrected chi connectivity index (χ3v) is 5.90. The highest BCUT2D eigenvalue weighted by atomic mass is 19.4. The Morgan fingerprint density at radius 3 is 1.82 bits per heavy atom. The van der Waals surface area contributed by atoms with Gasteiger partial charge in [0.1, 0.15) is 5.78 Å². The average Bonchev–Trinajstić information content (AvgIpc) is 2.86. The summed E-state index contributed by atoms with van der Waals surface area (Å²) in [5, 5.41) is 0. The minimum absolute atomic E-state index is 0.0607. The maximum Gasteiger partial charge on any atom is 0.416 e. The topological polar surface area (TPSA) is 54.5 Å². The minimum atomic E-state index is -5.09. The Morgan fingerprint density at radius 1 is 0.786 bits per heavy atom. The van der Waals surface area contributed by atoms with Crippen LogP contribution in [0.3, 0.4) is 0 Å². The van der Waals surface area contributed by atoms with Gasteiger partial charge in [-0.2, -0.15) is 26.3 Å². The van der Waals surface area contributed by atoms with Gasteiger partial charge in [0.05, 0.1) is 28.7 Å². The van der Waals surface area contributed by atoms with Crippen molar-refractivity contribution in [1.29, 1.82) is 0 Å². The Labute approximate surface area is 154 Å². The number of halogens is 6. The first-order chi connectivity index (χ1) is 12.9. The lowest BCUT2D eigenvalue weighted by Gasteiger charge is -2.41. The molecule has 3 aliphatic carbocycles. The molecule has 0 N–H and O–H groups in total. The van der Waals surface area contributed by atoms with Gasteiger partial charge in [0.15, 0.2) is 0 Å². The fourth-order valence-corrected chi connectivity index (χ4v) is 4.71. The minimum Gasteiger partial charge on any atom is -0.299 e. The van der Waals surface area contributed by atoms with Crippen molar-refractivity contribution in [3.63, 3.8) is 0 Å². The Kier molecular flexibility index (Phi) is 3.93. The molecule has 1 aliphatic heterocycles. The lowest BCUT2D eigenvalue weighted by atomic mass is 9.59. The molecule has 4 nitrogen and oxygen atoms in total. The van der Waals surface area contributed by atoms with E-state index in [0.717, 1.165) is 0 Å². The largest absolute Gasteiger partial charge is 0.416 e. The molecule has 28 heavy (non-hydrogen) atoms. The normalized spacial score (nSPS) is 30.2. The Bertz CT molecular complexity index is 858. The van der Waals surface area contributed by atoms with E-state index in [1.807, 2.05) is 0 Å². The number of Topliss-reactive ketones (excluding diaryl/α,β-unsaturated/α-hetero) is 1. The number of nitrogens with zero attached hydrogens (tertiary/aromatic N) is 1. The zero-order valence-electron chi connectivity index (χ0n) is 14.1. The smallest absolute Gasteiger partial charge is 0.299 e. The van der Waals surface area contributed by atoms with E-state index in [1.54, 1.807) is 0 Å². The zero-order valence-corrected chi connectivity index (χ0v) is 14.1. The van der Waals surface area contributed by atoms with Crippen LogP contribution in [0.2, 0.25) is 0 Å². The molecule has 1 aromatic rings. The van der Waals surface area contributed by atoms with E-state index in [-0.39, 0.29) is 18.3 Å². The van der Waals surface area contributed by atoms with E-state index in [0.29, 0.717) is 29.9 Å². The van der Waals surface area contributed by atoms with Crippen LogP contribution >= 0.6 is 0 Å². The molecular formula is C18H13F6NO3. The number of imide groups is 1. The third-order valence-electron chi connectivity index (χ3n) is 5.90. The predicted molar refractivity (Wildman–Crippen MR) is 81.8 cm³/mol. The fraction of sp³-hybridized carbons (Fsp3) is 0.500. The number of benzene rings is 1. The van der Waals surface area contributed by atoms with E-state index in [9.17, 15) is 40.7 Å². The summed E-state index contributed by atoms with van der Waals surface area (Å²) in [5.74, 6) is -4.89. The number of anilines is 1. The number of rotatable bonds is 1. The summed E-state index contributed by atoms with van der Waals surface area (Å²) >= 11 is 0. The second kappa shape index (κ2) is 5.81. The van der Waals surface area contributed by atoms with Crippen molar-refractivity contribution in [2.75, 3.05) is 4.90 Å². The molecule has 10 heteroatoms. The SMILES string of the molecule is O=C1C[C@H]2CC[C@@H]1[C@H]1C(=O)N(c3cc(C(F)(F)F)cc(C(F)(F)F)c3)C(=O)[C@@H]21. The highest BCUT2D eigenvalue weighted by Gasteiger charge is 2.61. The van der Waals surface area contributed by atoms with Crippen LogP contribution in [0.1, 0.15) is 30.4 Å². The predicted octanol–water partition coefficient (Wildman–Crippen LogP) is 3.83. The van der Waals surface area contributed by atoms with Crippen LogP contribution < -0.4 is 4.90 Å². The van der Waals surface area contributed by atoms with Crippen LogP contribution in [0.15, 0.2) is 18.2 Å². The van der Waals surface area contributed by atoms with Crippen LogP contribution in [-0.2, 0) is 26.7 Å². The van der Waals surface area contributed by atoms with E-state index >= 15 is 0 Å².